The molecule has 0 aliphatic heterocycles. The normalized spacial score (nSPS) is 13.3. The van der Waals surface area contributed by atoms with Gasteiger partial charge < -0.3 is 41.0 Å². The molecule has 0 aliphatic carbocycles. The highest BCUT2D eigenvalue weighted by Gasteiger charge is 2.31. The smallest absolute Gasteiger partial charge is 0.408 e. The molecule has 16 heteroatoms. The van der Waals surface area contributed by atoms with Crippen molar-refractivity contribution >= 4 is 79.1 Å². The number of hydrogen-bond donors (Lipinski definition) is 6. The Kier molecular flexibility index (Phi) is 16.2. The average molecular weight is 807 g/mol. The molecular weight excluding hydrogens is 761 g/mol. The third-order valence-corrected chi connectivity index (χ3v) is 11.0. The van der Waals surface area contributed by atoms with Gasteiger partial charge in [0.05, 0.1) is 0 Å². The van der Waals surface area contributed by atoms with Crippen molar-refractivity contribution in [2.75, 3.05) is 11.5 Å². The Hall–Kier alpha value is -5.48. The number of aliphatic carboxylic acids is 2. The molecule has 0 bridgehead atoms. The first-order valence-corrected chi connectivity index (χ1v) is 20.3. The number of carboxylic acid groups (broad SMARTS) is 2. The lowest BCUT2D eigenvalue weighted by Crippen LogP contribution is -2.54. The van der Waals surface area contributed by atoms with Crippen molar-refractivity contribution in [3.63, 3.8) is 0 Å². The number of amides is 4. The van der Waals surface area contributed by atoms with E-state index in [0.29, 0.717) is 0 Å². The van der Waals surface area contributed by atoms with E-state index in [1.165, 1.54) is 0 Å². The van der Waals surface area contributed by atoms with E-state index in [0.717, 1.165) is 54.3 Å². The molecule has 0 unspecified atom stereocenters. The number of rotatable bonds is 19. The molecule has 4 aromatic rings. The van der Waals surface area contributed by atoms with Gasteiger partial charge in [0.1, 0.15) is 37.4 Å². The summed E-state index contributed by atoms with van der Waals surface area (Å²) in [5.74, 6) is -5.32. The van der Waals surface area contributed by atoms with E-state index < -0.39 is 71.9 Å². The van der Waals surface area contributed by atoms with Crippen LogP contribution in [0.5, 0.6) is 0 Å². The number of ether oxygens (including phenoxy) is 2. The summed E-state index contributed by atoms with van der Waals surface area (Å²) in [5, 5.41) is 33.5. The number of hydrogen-bond acceptors (Lipinski definition) is 10. The fourth-order valence-electron chi connectivity index (χ4n) is 5.47. The predicted molar refractivity (Wildman–Crippen MR) is 216 cm³/mol. The van der Waals surface area contributed by atoms with Crippen molar-refractivity contribution in [3.05, 3.63) is 96.1 Å². The largest absolute Gasteiger partial charge is 0.480 e. The number of carboxylic acids is 2. The van der Waals surface area contributed by atoms with Gasteiger partial charge in [-0.15, -0.1) is 0 Å². The second-order valence-corrected chi connectivity index (χ2v) is 16.2. The Bertz CT molecular complexity index is 1880. The topological polar surface area (TPSA) is 209 Å². The van der Waals surface area contributed by atoms with Gasteiger partial charge in [-0.2, -0.15) is 0 Å². The van der Waals surface area contributed by atoms with Crippen LogP contribution in [0.4, 0.5) is 9.59 Å². The van der Waals surface area contributed by atoms with E-state index in [1.807, 2.05) is 84.9 Å². The molecule has 4 rings (SSSR count). The monoisotopic (exact) mass is 806 g/mol. The van der Waals surface area contributed by atoms with Gasteiger partial charge >= 0.3 is 24.1 Å². The molecule has 0 saturated heterocycles. The zero-order chi connectivity index (χ0) is 40.8. The lowest BCUT2D eigenvalue weighted by atomic mass is 10.0. The van der Waals surface area contributed by atoms with Crippen LogP contribution < -0.4 is 21.3 Å². The SMILES string of the molecule is CC(C)[C@H](NC(=O)OCc1ccc2ccccc2c1)C(=O)N[C@@H](CSSC[C@H](NC(=O)[C@@H](NC(=O)OCc1ccc2ccccc2c1)C(C)C)C(=O)O)C(=O)O. The van der Waals surface area contributed by atoms with Crippen molar-refractivity contribution in [3.8, 4) is 0 Å². The van der Waals surface area contributed by atoms with E-state index in [2.05, 4.69) is 21.3 Å². The Labute approximate surface area is 332 Å². The summed E-state index contributed by atoms with van der Waals surface area (Å²) in [6.45, 7) is 6.65. The van der Waals surface area contributed by atoms with Gasteiger partial charge in [0.25, 0.3) is 0 Å². The maximum Gasteiger partial charge on any atom is 0.408 e. The van der Waals surface area contributed by atoms with E-state index in [-0.39, 0.29) is 24.7 Å². The zero-order valence-corrected chi connectivity index (χ0v) is 33.0. The lowest BCUT2D eigenvalue weighted by Gasteiger charge is -2.24. The Morgan fingerprint density at radius 1 is 0.536 bits per heavy atom. The molecule has 0 spiro atoms. The molecule has 4 atom stereocenters. The quantitative estimate of drug-likeness (QED) is 0.0497. The number of carbonyl (C=O) groups excluding carboxylic acids is 4. The van der Waals surface area contributed by atoms with Crippen LogP contribution in [0.1, 0.15) is 38.8 Å². The molecule has 0 saturated carbocycles. The molecule has 4 amide bonds. The molecule has 0 heterocycles. The van der Waals surface area contributed by atoms with Crippen molar-refractivity contribution < 1.29 is 48.5 Å². The number of carbonyl (C=O) groups is 6. The zero-order valence-electron chi connectivity index (χ0n) is 31.4. The second-order valence-electron chi connectivity index (χ2n) is 13.6. The van der Waals surface area contributed by atoms with Crippen molar-refractivity contribution in [1.29, 1.82) is 0 Å². The standard InChI is InChI=1S/C40H46N4O10S2/c1-23(2)33(43-39(51)53-19-25-13-15-27-9-5-7-11-29(27)17-25)35(45)41-31(37(47)48)21-55-56-22-32(38(49)50)42-36(46)34(24(3)4)44-40(52)54-20-26-14-16-28-10-6-8-12-30(28)18-26/h5-18,23-24,31-34H,19-22H2,1-4H3,(H,41,45)(H,42,46)(H,43,51)(H,44,52)(H,47,48)(H,49,50)/t31-,32-,33-,34-/m0/s1. The van der Waals surface area contributed by atoms with Crippen LogP contribution in [-0.2, 0) is 41.9 Å². The van der Waals surface area contributed by atoms with Gasteiger partial charge in [-0.1, -0.05) is 122 Å². The minimum Gasteiger partial charge on any atom is -0.480 e. The lowest BCUT2D eigenvalue weighted by molar-refractivity contribution is -0.141. The molecule has 56 heavy (non-hydrogen) atoms. The summed E-state index contributed by atoms with van der Waals surface area (Å²) in [5.41, 5.74) is 1.50. The van der Waals surface area contributed by atoms with E-state index in [1.54, 1.807) is 27.7 Å². The molecule has 6 N–H and O–H groups in total. The summed E-state index contributed by atoms with van der Waals surface area (Å²) in [4.78, 5) is 75.6. The second kappa shape index (κ2) is 21.0. The number of nitrogens with one attached hydrogen (secondary N) is 4. The fourth-order valence-corrected chi connectivity index (χ4v) is 7.78. The Morgan fingerprint density at radius 3 is 1.23 bits per heavy atom. The van der Waals surface area contributed by atoms with Crippen molar-refractivity contribution in [1.82, 2.24) is 21.3 Å². The molecule has 0 aliphatic rings. The van der Waals surface area contributed by atoms with Gasteiger partial charge in [-0.3, -0.25) is 9.59 Å². The highest BCUT2D eigenvalue weighted by molar-refractivity contribution is 8.76. The third kappa shape index (κ3) is 13.1. The number of benzene rings is 4. The van der Waals surface area contributed by atoms with Crippen LogP contribution in [0.2, 0.25) is 0 Å². The van der Waals surface area contributed by atoms with Crippen LogP contribution >= 0.6 is 21.6 Å². The van der Waals surface area contributed by atoms with Gasteiger partial charge in [0.2, 0.25) is 11.8 Å². The van der Waals surface area contributed by atoms with Crippen LogP contribution in [0, 0.1) is 11.8 Å². The first-order chi connectivity index (χ1) is 26.7. The summed E-state index contributed by atoms with van der Waals surface area (Å²) < 4.78 is 10.7. The molecule has 14 nitrogen and oxygen atoms in total. The summed E-state index contributed by atoms with van der Waals surface area (Å²) in [7, 11) is 1.96. The van der Waals surface area contributed by atoms with Gasteiger partial charge in [0, 0.05) is 11.5 Å². The van der Waals surface area contributed by atoms with Crippen molar-refractivity contribution in [2.24, 2.45) is 11.8 Å². The highest BCUT2D eigenvalue weighted by Crippen LogP contribution is 2.24. The first-order valence-electron chi connectivity index (χ1n) is 17.8. The van der Waals surface area contributed by atoms with E-state index in [9.17, 15) is 39.0 Å². The maximum absolute atomic E-state index is 13.1. The first kappa shape index (κ1) is 43.3. The summed E-state index contributed by atoms with van der Waals surface area (Å²) in [6.07, 6.45) is -1.70. The molecule has 298 valence electrons. The van der Waals surface area contributed by atoms with Crippen molar-refractivity contribution in [2.45, 2.75) is 65.1 Å². The van der Waals surface area contributed by atoms with Crippen LogP contribution in [0.25, 0.3) is 21.5 Å². The molecule has 0 fully saturated rings. The molecule has 0 aromatic heterocycles. The van der Waals surface area contributed by atoms with Gasteiger partial charge in [-0.05, 0) is 56.6 Å². The van der Waals surface area contributed by atoms with Gasteiger partial charge in [0.15, 0.2) is 0 Å². The molecular formula is C40H46N4O10S2. The minimum absolute atomic E-state index is 0.0412. The van der Waals surface area contributed by atoms with Gasteiger partial charge in [-0.25, -0.2) is 19.2 Å². The van der Waals surface area contributed by atoms with Crippen LogP contribution in [0.3, 0.4) is 0 Å². The average Bonchev–Trinajstić information content (AvgIpc) is 3.17. The Morgan fingerprint density at radius 2 is 0.893 bits per heavy atom. The van der Waals surface area contributed by atoms with E-state index >= 15 is 0 Å². The minimum atomic E-state index is -1.38. The highest BCUT2D eigenvalue weighted by atomic mass is 33.1. The Balaban J connectivity index is 1.23. The summed E-state index contributed by atoms with van der Waals surface area (Å²) >= 11 is 0. The fraction of sp³-hybridized carbons (Fsp3) is 0.350. The number of alkyl carbamates (subject to hydrolysis) is 2. The van der Waals surface area contributed by atoms with E-state index in [4.69, 9.17) is 9.47 Å². The molecule has 0 radical (unpaired) electrons. The summed E-state index contributed by atoms with van der Waals surface area (Å²) in [6, 6.07) is 21.7. The van der Waals surface area contributed by atoms with Crippen LogP contribution in [0.15, 0.2) is 84.9 Å². The number of fused-ring (bicyclic) bond motifs is 2. The molecule has 4 aromatic carbocycles. The maximum atomic E-state index is 13.1. The predicted octanol–water partition coefficient (Wildman–Crippen LogP) is 5.72. The van der Waals surface area contributed by atoms with Crippen LogP contribution in [-0.4, -0.2) is 81.8 Å². The third-order valence-electron chi connectivity index (χ3n) is 8.59.